The van der Waals surface area contributed by atoms with E-state index in [1.807, 2.05) is 13.0 Å². The summed E-state index contributed by atoms with van der Waals surface area (Å²) in [5.74, 6) is -0.0590. The molecule has 1 atom stereocenters. The smallest absolute Gasteiger partial charge is 0.355 e. The van der Waals surface area contributed by atoms with Gasteiger partial charge in [-0.1, -0.05) is 0 Å². The zero-order valence-corrected chi connectivity index (χ0v) is 16.4. The van der Waals surface area contributed by atoms with Crippen molar-refractivity contribution in [3.05, 3.63) is 59.9 Å². The number of hydrogen-bond acceptors (Lipinski definition) is 4. The second kappa shape index (κ2) is 7.16. The molecule has 1 saturated heterocycles. The number of anilines is 2. The van der Waals surface area contributed by atoms with Gasteiger partial charge in [-0.05, 0) is 55.8 Å². The summed E-state index contributed by atoms with van der Waals surface area (Å²) in [7, 11) is 1.77. The number of pyridine rings is 1. The van der Waals surface area contributed by atoms with Crippen LogP contribution in [0.15, 0.2) is 48.7 Å². The van der Waals surface area contributed by atoms with Crippen LogP contribution < -0.4 is 10.6 Å². The highest BCUT2D eigenvalue weighted by Gasteiger charge is 2.42. The maximum absolute atomic E-state index is 12.8. The zero-order valence-electron chi connectivity index (χ0n) is 16.4. The van der Waals surface area contributed by atoms with Crippen LogP contribution in [-0.4, -0.2) is 27.2 Å². The van der Waals surface area contributed by atoms with E-state index in [-0.39, 0.29) is 5.91 Å². The molecule has 0 spiro atoms. The van der Waals surface area contributed by atoms with Crippen molar-refractivity contribution in [3.8, 4) is 11.4 Å². The number of alkyl halides is 3. The molecular weight excluding hydrogens is 395 g/mol. The number of aromatic nitrogens is 3. The fourth-order valence-electron chi connectivity index (χ4n) is 3.55. The largest absolute Gasteiger partial charge is 0.416 e. The molecule has 30 heavy (non-hydrogen) atoms. The average Bonchev–Trinajstić information content (AvgIpc) is 3.25. The Balaban J connectivity index is 1.67. The third-order valence-electron chi connectivity index (χ3n) is 5.40. The minimum atomic E-state index is -4.38. The molecule has 2 aromatic heterocycles. The highest BCUT2D eigenvalue weighted by atomic mass is 19.4. The molecule has 0 unspecified atom stereocenters. The number of carbonyl (C=O) groups excluding carboxylic acids is 1. The SMILES string of the molecule is Cn1nc([C@@]2(C)CCNC2=O)cc1-c1ncccc1Nc1ccc(C(F)(F)F)cc1. The predicted molar refractivity (Wildman–Crippen MR) is 106 cm³/mol. The lowest BCUT2D eigenvalue weighted by atomic mass is 9.85. The lowest BCUT2D eigenvalue weighted by molar-refractivity contribution is -0.137. The zero-order chi connectivity index (χ0) is 21.5. The molecule has 3 heterocycles. The monoisotopic (exact) mass is 415 g/mol. The van der Waals surface area contributed by atoms with Crippen LogP contribution in [0.25, 0.3) is 11.4 Å². The normalized spacial score (nSPS) is 19.0. The molecule has 0 aliphatic carbocycles. The van der Waals surface area contributed by atoms with E-state index in [2.05, 4.69) is 20.7 Å². The Morgan fingerprint density at radius 1 is 1.20 bits per heavy atom. The van der Waals surface area contributed by atoms with Crippen molar-refractivity contribution in [1.82, 2.24) is 20.1 Å². The molecule has 1 amide bonds. The lowest BCUT2D eigenvalue weighted by Crippen LogP contribution is -2.32. The average molecular weight is 415 g/mol. The summed E-state index contributed by atoms with van der Waals surface area (Å²) in [4.78, 5) is 16.7. The van der Waals surface area contributed by atoms with E-state index < -0.39 is 17.2 Å². The molecule has 0 saturated carbocycles. The van der Waals surface area contributed by atoms with Crippen molar-refractivity contribution in [2.45, 2.75) is 24.9 Å². The van der Waals surface area contributed by atoms with Crippen LogP contribution in [0.2, 0.25) is 0 Å². The van der Waals surface area contributed by atoms with Gasteiger partial charge in [0, 0.05) is 25.5 Å². The Kier molecular flexibility index (Phi) is 4.76. The van der Waals surface area contributed by atoms with E-state index in [4.69, 9.17) is 0 Å². The standard InChI is InChI=1S/C21H20F3N5O/c1-20(9-11-26-19(20)30)17-12-16(29(2)28-17)18-15(4-3-10-25-18)27-14-7-5-13(6-8-14)21(22,23)24/h3-8,10,12,27H,9,11H2,1-2H3,(H,26,30)/t20-/m1/s1. The van der Waals surface area contributed by atoms with E-state index >= 15 is 0 Å². The minimum Gasteiger partial charge on any atom is -0.355 e. The highest BCUT2D eigenvalue weighted by Crippen LogP contribution is 2.35. The van der Waals surface area contributed by atoms with Gasteiger partial charge in [0.2, 0.25) is 5.91 Å². The second-order valence-electron chi connectivity index (χ2n) is 7.48. The fourth-order valence-corrected chi connectivity index (χ4v) is 3.55. The molecule has 3 aromatic rings. The molecule has 156 valence electrons. The Labute approximate surface area is 171 Å². The van der Waals surface area contributed by atoms with Gasteiger partial charge in [-0.15, -0.1) is 0 Å². The quantitative estimate of drug-likeness (QED) is 0.675. The first-order valence-corrected chi connectivity index (χ1v) is 9.41. The summed E-state index contributed by atoms with van der Waals surface area (Å²) in [6, 6.07) is 10.2. The van der Waals surface area contributed by atoms with Gasteiger partial charge >= 0.3 is 6.18 Å². The van der Waals surface area contributed by atoms with Gasteiger partial charge < -0.3 is 10.6 Å². The van der Waals surface area contributed by atoms with Crippen molar-refractivity contribution in [3.63, 3.8) is 0 Å². The van der Waals surface area contributed by atoms with Crippen LogP contribution in [0.5, 0.6) is 0 Å². The van der Waals surface area contributed by atoms with Crippen molar-refractivity contribution < 1.29 is 18.0 Å². The molecule has 1 fully saturated rings. The minimum absolute atomic E-state index is 0.0590. The van der Waals surface area contributed by atoms with Gasteiger partial charge in [0.1, 0.15) is 5.69 Å². The van der Waals surface area contributed by atoms with Gasteiger partial charge in [0.25, 0.3) is 0 Å². The number of amides is 1. The number of benzene rings is 1. The third kappa shape index (κ3) is 3.51. The van der Waals surface area contributed by atoms with Gasteiger partial charge in [-0.25, -0.2) is 0 Å². The van der Waals surface area contributed by atoms with Crippen molar-refractivity contribution in [2.75, 3.05) is 11.9 Å². The Morgan fingerprint density at radius 3 is 2.57 bits per heavy atom. The first kappa shape index (κ1) is 19.9. The molecule has 1 aromatic carbocycles. The summed E-state index contributed by atoms with van der Waals surface area (Å²) >= 11 is 0. The molecule has 4 rings (SSSR count). The van der Waals surface area contributed by atoms with Gasteiger partial charge in [-0.2, -0.15) is 18.3 Å². The van der Waals surface area contributed by atoms with E-state index in [0.717, 1.165) is 12.1 Å². The van der Waals surface area contributed by atoms with Gasteiger partial charge in [-0.3, -0.25) is 14.5 Å². The summed E-state index contributed by atoms with van der Waals surface area (Å²) in [5.41, 5.74) is 1.64. The molecule has 9 heteroatoms. The van der Waals surface area contributed by atoms with Gasteiger partial charge in [0.15, 0.2) is 0 Å². The Bertz CT molecular complexity index is 1090. The first-order chi connectivity index (χ1) is 14.2. The number of aryl methyl sites for hydroxylation is 1. The molecule has 0 bridgehead atoms. The van der Waals surface area contributed by atoms with E-state index in [9.17, 15) is 18.0 Å². The van der Waals surface area contributed by atoms with Crippen LogP contribution in [0.3, 0.4) is 0 Å². The van der Waals surface area contributed by atoms with Crippen LogP contribution in [0.1, 0.15) is 24.6 Å². The number of carbonyl (C=O) groups is 1. The van der Waals surface area contributed by atoms with Crippen molar-refractivity contribution >= 4 is 17.3 Å². The number of hydrogen-bond donors (Lipinski definition) is 2. The molecular formula is C21H20F3N5O. The Morgan fingerprint density at radius 2 is 1.93 bits per heavy atom. The van der Waals surface area contributed by atoms with Crippen LogP contribution >= 0.6 is 0 Å². The molecule has 0 radical (unpaired) electrons. The third-order valence-corrected chi connectivity index (χ3v) is 5.40. The lowest BCUT2D eigenvalue weighted by Gasteiger charge is -2.16. The predicted octanol–water partition coefficient (Wildman–Crippen LogP) is 4.02. The van der Waals surface area contributed by atoms with E-state index in [1.165, 1.54) is 12.1 Å². The Hall–Kier alpha value is -3.36. The number of nitrogens with one attached hydrogen (secondary N) is 2. The number of halogens is 3. The first-order valence-electron chi connectivity index (χ1n) is 9.41. The molecule has 6 nitrogen and oxygen atoms in total. The van der Waals surface area contributed by atoms with Crippen molar-refractivity contribution in [2.24, 2.45) is 7.05 Å². The maximum atomic E-state index is 12.8. The summed E-state index contributed by atoms with van der Waals surface area (Å²) in [5, 5.41) is 10.5. The van der Waals surface area contributed by atoms with E-state index in [1.54, 1.807) is 30.1 Å². The number of rotatable bonds is 4. The summed E-state index contributed by atoms with van der Waals surface area (Å²) in [6.07, 6.45) is -2.10. The molecule has 1 aliphatic rings. The highest BCUT2D eigenvalue weighted by molar-refractivity contribution is 5.89. The van der Waals surface area contributed by atoms with Crippen LogP contribution in [0.4, 0.5) is 24.5 Å². The number of nitrogens with zero attached hydrogens (tertiary/aromatic N) is 3. The molecule has 2 N–H and O–H groups in total. The van der Waals surface area contributed by atoms with Gasteiger partial charge in [0.05, 0.1) is 28.1 Å². The topological polar surface area (TPSA) is 71.8 Å². The summed E-state index contributed by atoms with van der Waals surface area (Å²) in [6.45, 7) is 2.47. The van der Waals surface area contributed by atoms with E-state index in [0.29, 0.717) is 41.4 Å². The second-order valence-corrected chi connectivity index (χ2v) is 7.48. The van der Waals surface area contributed by atoms with Crippen molar-refractivity contribution in [1.29, 1.82) is 0 Å². The fraction of sp³-hybridized carbons (Fsp3) is 0.286. The maximum Gasteiger partial charge on any atom is 0.416 e. The summed E-state index contributed by atoms with van der Waals surface area (Å²) < 4.78 is 40.0. The van der Waals surface area contributed by atoms with Crippen LogP contribution in [-0.2, 0) is 23.4 Å². The van der Waals surface area contributed by atoms with Crippen LogP contribution in [0, 0.1) is 0 Å². The molecule has 1 aliphatic heterocycles.